The number of hydrogen-bond donors (Lipinski definition) is 3. The molecule has 0 aliphatic rings. The smallest absolute Gasteiger partial charge is 0.416 e. The average molecular weight is 507 g/mol. The van der Waals surface area contributed by atoms with Crippen molar-refractivity contribution in [1.29, 1.82) is 0 Å². The summed E-state index contributed by atoms with van der Waals surface area (Å²) < 4.78 is 44.8. The number of nitrogens with one attached hydrogen (secondary N) is 3. The van der Waals surface area contributed by atoms with Gasteiger partial charge in [0.05, 0.1) is 12.7 Å². The molecule has 3 aromatic rings. The number of hydrogen-bond acceptors (Lipinski definition) is 3. The molecule has 35 heavy (non-hydrogen) atoms. The van der Waals surface area contributed by atoms with Crippen LogP contribution in [0.15, 0.2) is 72.8 Å². The number of urea groups is 2. The summed E-state index contributed by atoms with van der Waals surface area (Å²) in [6, 6.07) is 16.1. The molecular weight excluding hydrogens is 485 g/mol. The summed E-state index contributed by atoms with van der Waals surface area (Å²) in [6.07, 6.45) is -4.58. The Morgan fingerprint density at radius 1 is 0.943 bits per heavy atom. The first-order chi connectivity index (χ1) is 16.7. The Labute approximate surface area is 204 Å². The number of nitrogens with zero attached hydrogens (tertiary/aromatic N) is 1. The SMILES string of the molecule is COc1cccc(NC(=O)NCCN(C(=O)Nc2ccc(Cl)cc2)c2cccc(C(F)(F)F)c2)c1. The second kappa shape index (κ2) is 11.5. The monoisotopic (exact) mass is 506 g/mol. The highest BCUT2D eigenvalue weighted by Crippen LogP contribution is 2.32. The van der Waals surface area contributed by atoms with Crippen LogP contribution in [0.2, 0.25) is 5.02 Å². The molecule has 0 saturated carbocycles. The van der Waals surface area contributed by atoms with Crippen LogP contribution in [-0.4, -0.2) is 32.3 Å². The van der Waals surface area contributed by atoms with Crippen molar-refractivity contribution in [3.05, 3.63) is 83.4 Å². The molecule has 0 aliphatic carbocycles. The van der Waals surface area contributed by atoms with Crippen LogP contribution in [0, 0.1) is 0 Å². The van der Waals surface area contributed by atoms with E-state index in [0.717, 1.165) is 17.0 Å². The molecule has 184 valence electrons. The summed E-state index contributed by atoms with van der Waals surface area (Å²) >= 11 is 5.86. The zero-order valence-corrected chi connectivity index (χ0v) is 19.3. The second-order valence-corrected chi connectivity index (χ2v) is 7.69. The summed E-state index contributed by atoms with van der Waals surface area (Å²) in [5.41, 5.74) is 0.00137. The molecule has 0 unspecified atom stereocenters. The fourth-order valence-electron chi connectivity index (χ4n) is 3.08. The van der Waals surface area contributed by atoms with Crippen LogP contribution in [0.25, 0.3) is 0 Å². The number of benzene rings is 3. The van der Waals surface area contributed by atoms with Crippen molar-refractivity contribution in [2.24, 2.45) is 0 Å². The van der Waals surface area contributed by atoms with Gasteiger partial charge in [-0.2, -0.15) is 13.2 Å². The van der Waals surface area contributed by atoms with Crippen LogP contribution in [0.3, 0.4) is 0 Å². The number of rotatable bonds is 7. The van der Waals surface area contributed by atoms with Crippen LogP contribution in [0.5, 0.6) is 5.75 Å². The van der Waals surface area contributed by atoms with Crippen molar-refractivity contribution >= 4 is 40.7 Å². The van der Waals surface area contributed by atoms with Gasteiger partial charge >= 0.3 is 18.2 Å². The number of anilines is 3. The molecule has 0 spiro atoms. The van der Waals surface area contributed by atoms with Crippen LogP contribution >= 0.6 is 11.6 Å². The summed E-state index contributed by atoms with van der Waals surface area (Å²) in [7, 11) is 1.50. The first-order valence-electron chi connectivity index (χ1n) is 10.4. The summed E-state index contributed by atoms with van der Waals surface area (Å²) in [5, 5.41) is 8.29. The molecule has 0 fully saturated rings. The Hall–Kier alpha value is -3.92. The third-order valence-corrected chi connectivity index (χ3v) is 5.03. The van der Waals surface area contributed by atoms with E-state index in [0.29, 0.717) is 22.1 Å². The normalized spacial score (nSPS) is 10.9. The molecule has 0 heterocycles. The standard InChI is InChI=1S/C24H22ClF3N4O3/c1-35-21-7-3-5-19(15-21)30-22(33)29-12-13-32(20-6-2-4-16(14-20)24(26,27)28)23(34)31-18-10-8-17(25)9-11-18/h2-11,14-15H,12-13H2,1H3,(H,31,34)(H2,29,30,33). The fourth-order valence-corrected chi connectivity index (χ4v) is 3.21. The van der Waals surface area contributed by atoms with Gasteiger partial charge in [0.2, 0.25) is 0 Å². The Bertz CT molecular complexity index is 1170. The number of carbonyl (C=O) groups is 2. The Morgan fingerprint density at radius 3 is 2.34 bits per heavy atom. The van der Waals surface area contributed by atoms with E-state index in [4.69, 9.17) is 16.3 Å². The van der Waals surface area contributed by atoms with Crippen molar-refractivity contribution in [3.63, 3.8) is 0 Å². The second-order valence-electron chi connectivity index (χ2n) is 7.25. The maximum absolute atomic E-state index is 13.2. The van der Waals surface area contributed by atoms with Crippen molar-refractivity contribution < 1.29 is 27.5 Å². The molecule has 0 aliphatic heterocycles. The molecule has 7 nitrogen and oxygen atoms in total. The fraction of sp³-hybridized carbons (Fsp3) is 0.167. The minimum Gasteiger partial charge on any atom is -0.497 e. The number of ether oxygens (including phenoxy) is 1. The highest BCUT2D eigenvalue weighted by molar-refractivity contribution is 6.30. The molecule has 4 amide bonds. The maximum Gasteiger partial charge on any atom is 0.416 e. The van der Waals surface area contributed by atoms with Gasteiger partial charge in [-0.3, -0.25) is 4.90 Å². The zero-order chi connectivity index (χ0) is 25.4. The van der Waals surface area contributed by atoms with Crippen LogP contribution in [0.4, 0.5) is 39.8 Å². The number of alkyl halides is 3. The summed E-state index contributed by atoms with van der Waals surface area (Å²) in [4.78, 5) is 26.3. The molecule has 3 N–H and O–H groups in total. The quantitative estimate of drug-likeness (QED) is 0.355. The molecular formula is C24H22ClF3N4O3. The van der Waals surface area contributed by atoms with E-state index in [1.165, 1.54) is 19.2 Å². The number of carbonyl (C=O) groups excluding carboxylic acids is 2. The number of methoxy groups -OCH3 is 1. The van der Waals surface area contributed by atoms with Crippen molar-refractivity contribution in [2.75, 3.05) is 35.7 Å². The zero-order valence-electron chi connectivity index (χ0n) is 18.5. The number of amides is 4. The van der Waals surface area contributed by atoms with E-state index in [1.807, 2.05) is 0 Å². The Balaban J connectivity index is 1.72. The highest BCUT2D eigenvalue weighted by Gasteiger charge is 2.31. The van der Waals surface area contributed by atoms with E-state index in [2.05, 4.69) is 16.0 Å². The minimum absolute atomic E-state index is 0.0151. The lowest BCUT2D eigenvalue weighted by molar-refractivity contribution is -0.137. The van der Waals surface area contributed by atoms with Gasteiger partial charge in [0, 0.05) is 41.2 Å². The van der Waals surface area contributed by atoms with Crippen LogP contribution < -0.4 is 25.6 Å². The van der Waals surface area contributed by atoms with E-state index in [9.17, 15) is 22.8 Å². The van der Waals surface area contributed by atoms with E-state index < -0.39 is 23.8 Å². The van der Waals surface area contributed by atoms with Crippen molar-refractivity contribution in [2.45, 2.75) is 6.18 Å². The lowest BCUT2D eigenvalue weighted by Crippen LogP contribution is -2.42. The van der Waals surface area contributed by atoms with Gasteiger partial charge < -0.3 is 20.7 Å². The van der Waals surface area contributed by atoms with Crippen molar-refractivity contribution in [1.82, 2.24) is 5.32 Å². The van der Waals surface area contributed by atoms with E-state index >= 15 is 0 Å². The largest absolute Gasteiger partial charge is 0.497 e. The van der Waals surface area contributed by atoms with Gasteiger partial charge in [-0.15, -0.1) is 0 Å². The van der Waals surface area contributed by atoms with Gasteiger partial charge in [-0.05, 0) is 54.6 Å². The average Bonchev–Trinajstić information content (AvgIpc) is 2.83. The molecule has 3 aromatic carbocycles. The van der Waals surface area contributed by atoms with Gasteiger partial charge in [0.15, 0.2) is 0 Å². The summed E-state index contributed by atoms with van der Waals surface area (Å²) in [5.74, 6) is 0.553. The third-order valence-electron chi connectivity index (χ3n) is 4.77. The minimum atomic E-state index is -4.58. The third kappa shape index (κ3) is 7.54. The maximum atomic E-state index is 13.2. The lowest BCUT2D eigenvalue weighted by atomic mass is 10.2. The molecule has 0 radical (unpaired) electrons. The molecule has 11 heteroatoms. The van der Waals surface area contributed by atoms with Gasteiger partial charge in [0.1, 0.15) is 5.75 Å². The van der Waals surface area contributed by atoms with Gasteiger partial charge in [0.25, 0.3) is 0 Å². The molecule has 0 aromatic heterocycles. The van der Waals surface area contributed by atoms with Crippen LogP contribution in [-0.2, 0) is 6.18 Å². The Kier molecular flexibility index (Phi) is 8.43. The highest BCUT2D eigenvalue weighted by atomic mass is 35.5. The molecule has 3 rings (SSSR count). The van der Waals surface area contributed by atoms with Crippen LogP contribution in [0.1, 0.15) is 5.56 Å². The first kappa shape index (κ1) is 25.7. The molecule has 0 bridgehead atoms. The van der Waals surface area contributed by atoms with Gasteiger partial charge in [-0.1, -0.05) is 23.7 Å². The van der Waals surface area contributed by atoms with E-state index in [1.54, 1.807) is 48.5 Å². The van der Waals surface area contributed by atoms with Crippen molar-refractivity contribution in [3.8, 4) is 5.75 Å². The van der Waals surface area contributed by atoms with Gasteiger partial charge in [-0.25, -0.2) is 9.59 Å². The number of halogens is 4. The predicted octanol–water partition coefficient (Wildman–Crippen LogP) is 6.23. The Morgan fingerprint density at radius 2 is 1.66 bits per heavy atom. The predicted molar refractivity (Wildman–Crippen MR) is 129 cm³/mol. The first-order valence-corrected chi connectivity index (χ1v) is 10.7. The summed E-state index contributed by atoms with van der Waals surface area (Å²) in [6.45, 7) is -0.146. The molecule has 0 atom stereocenters. The topological polar surface area (TPSA) is 82.7 Å². The lowest BCUT2D eigenvalue weighted by Gasteiger charge is -2.24. The molecule has 0 saturated heterocycles. The van der Waals surface area contributed by atoms with E-state index in [-0.39, 0.29) is 18.8 Å².